The van der Waals surface area contributed by atoms with Gasteiger partial charge >= 0.3 is 0 Å². The largest absolute Gasteiger partial charge is 0.369 e. The Morgan fingerprint density at radius 2 is 1.47 bits per heavy atom. The van der Waals surface area contributed by atoms with Crippen LogP contribution in [0.25, 0.3) is 0 Å². The molecule has 5 rings (SSSR count). The van der Waals surface area contributed by atoms with Crippen molar-refractivity contribution in [3.05, 3.63) is 29.8 Å². The number of nitrogens with one attached hydrogen (secondary N) is 1. The Kier molecular flexibility index (Phi) is 6.64. The van der Waals surface area contributed by atoms with Gasteiger partial charge in [-0.2, -0.15) is 0 Å². The number of rotatable bonds is 6. The summed E-state index contributed by atoms with van der Waals surface area (Å²) in [6.45, 7) is 8.02. The molecule has 4 fully saturated rings. The van der Waals surface area contributed by atoms with E-state index in [-0.39, 0.29) is 11.8 Å². The third kappa shape index (κ3) is 5.26. The van der Waals surface area contributed by atoms with E-state index in [4.69, 9.17) is 0 Å². The van der Waals surface area contributed by atoms with Gasteiger partial charge in [-0.15, -0.1) is 0 Å². The summed E-state index contributed by atoms with van der Waals surface area (Å²) >= 11 is 0. The first-order valence-corrected chi connectivity index (χ1v) is 12.6. The zero-order valence-electron chi connectivity index (χ0n) is 19.2. The summed E-state index contributed by atoms with van der Waals surface area (Å²) in [5, 5.41) is 3.04. The highest BCUT2D eigenvalue weighted by Gasteiger charge is 2.29. The third-order valence-corrected chi connectivity index (χ3v) is 7.65. The lowest BCUT2D eigenvalue weighted by Gasteiger charge is -2.40. The minimum Gasteiger partial charge on any atom is -0.369 e. The lowest BCUT2D eigenvalue weighted by atomic mass is 10.1. The van der Waals surface area contributed by atoms with Crippen LogP contribution in [0.5, 0.6) is 0 Å². The van der Waals surface area contributed by atoms with E-state index >= 15 is 0 Å². The zero-order chi connectivity index (χ0) is 21.9. The Hall–Kier alpha value is -2.12. The van der Waals surface area contributed by atoms with Gasteiger partial charge in [0.2, 0.25) is 5.91 Å². The molecule has 7 nitrogen and oxygen atoms in total. The SMILES string of the molecule is O=C(NC1CC1)c1ccc(N2CCN(CC(=O)N3CCN(C4CCCC4)CC3)CC2)cc1. The predicted octanol–water partition coefficient (Wildman–Crippen LogP) is 1.79. The number of nitrogens with zero attached hydrogens (tertiary/aromatic N) is 4. The van der Waals surface area contributed by atoms with Crippen LogP contribution in [-0.2, 0) is 4.79 Å². The van der Waals surface area contributed by atoms with Crippen LogP contribution in [-0.4, -0.2) is 97.5 Å². The van der Waals surface area contributed by atoms with Crippen molar-refractivity contribution in [3.63, 3.8) is 0 Å². The molecule has 1 N–H and O–H groups in total. The second kappa shape index (κ2) is 9.79. The van der Waals surface area contributed by atoms with Crippen molar-refractivity contribution in [3.8, 4) is 0 Å². The van der Waals surface area contributed by atoms with Gasteiger partial charge in [0.15, 0.2) is 0 Å². The van der Waals surface area contributed by atoms with E-state index in [1.807, 2.05) is 24.3 Å². The van der Waals surface area contributed by atoms with Crippen molar-refractivity contribution in [1.82, 2.24) is 20.0 Å². The lowest BCUT2D eigenvalue weighted by molar-refractivity contribution is -0.134. The number of hydrogen-bond donors (Lipinski definition) is 1. The topological polar surface area (TPSA) is 59.1 Å². The van der Waals surface area contributed by atoms with Gasteiger partial charge in [-0.25, -0.2) is 0 Å². The monoisotopic (exact) mass is 439 g/mol. The number of carbonyl (C=O) groups excluding carboxylic acids is 2. The second-order valence-corrected chi connectivity index (χ2v) is 9.91. The Morgan fingerprint density at radius 1 is 0.812 bits per heavy atom. The first-order valence-electron chi connectivity index (χ1n) is 12.6. The number of anilines is 1. The molecule has 1 aromatic carbocycles. The highest BCUT2D eigenvalue weighted by atomic mass is 16.2. The maximum atomic E-state index is 12.8. The molecule has 32 heavy (non-hydrogen) atoms. The van der Waals surface area contributed by atoms with Crippen LogP contribution in [0, 0.1) is 0 Å². The van der Waals surface area contributed by atoms with Crippen LogP contribution >= 0.6 is 0 Å². The maximum absolute atomic E-state index is 12.8. The van der Waals surface area contributed by atoms with Crippen LogP contribution in [0.1, 0.15) is 48.9 Å². The van der Waals surface area contributed by atoms with E-state index in [1.54, 1.807) is 0 Å². The number of hydrogen-bond acceptors (Lipinski definition) is 5. The van der Waals surface area contributed by atoms with Crippen LogP contribution in [0.4, 0.5) is 5.69 Å². The minimum atomic E-state index is 0.0338. The van der Waals surface area contributed by atoms with E-state index in [0.29, 0.717) is 12.6 Å². The van der Waals surface area contributed by atoms with E-state index in [9.17, 15) is 9.59 Å². The van der Waals surface area contributed by atoms with Gasteiger partial charge in [0.25, 0.3) is 5.91 Å². The molecule has 2 heterocycles. The number of carbonyl (C=O) groups is 2. The predicted molar refractivity (Wildman–Crippen MR) is 126 cm³/mol. The smallest absolute Gasteiger partial charge is 0.251 e. The Morgan fingerprint density at radius 3 is 2.09 bits per heavy atom. The van der Waals surface area contributed by atoms with E-state index in [2.05, 4.69) is 24.9 Å². The summed E-state index contributed by atoms with van der Waals surface area (Å²) < 4.78 is 0. The fraction of sp³-hybridized carbons (Fsp3) is 0.680. The Balaban J connectivity index is 1.04. The number of benzene rings is 1. The molecule has 2 aliphatic carbocycles. The molecule has 0 aromatic heterocycles. The molecule has 0 bridgehead atoms. The van der Waals surface area contributed by atoms with Gasteiger partial charge in [0.1, 0.15) is 0 Å². The van der Waals surface area contributed by atoms with E-state index < -0.39 is 0 Å². The summed E-state index contributed by atoms with van der Waals surface area (Å²) in [6.07, 6.45) is 7.63. The first-order chi connectivity index (χ1) is 15.7. The summed E-state index contributed by atoms with van der Waals surface area (Å²) in [7, 11) is 0. The molecule has 2 saturated heterocycles. The molecule has 0 spiro atoms. The second-order valence-electron chi connectivity index (χ2n) is 9.91. The van der Waals surface area contributed by atoms with Crippen molar-refractivity contribution in [1.29, 1.82) is 0 Å². The Labute approximate surface area is 191 Å². The van der Waals surface area contributed by atoms with Gasteiger partial charge in [-0.1, -0.05) is 12.8 Å². The minimum absolute atomic E-state index is 0.0338. The Bertz CT molecular complexity index is 787. The molecular formula is C25H37N5O2. The van der Waals surface area contributed by atoms with Gasteiger partial charge in [-0.3, -0.25) is 19.4 Å². The van der Waals surface area contributed by atoms with Crippen molar-refractivity contribution in [2.75, 3.05) is 63.8 Å². The average molecular weight is 440 g/mol. The number of piperazine rings is 2. The lowest BCUT2D eigenvalue weighted by Crippen LogP contribution is -2.55. The maximum Gasteiger partial charge on any atom is 0.251 e. The van der Waals surface area contributed by atoms with Crippen LogP contribution in [0.15, 0.2) is 24.3 Å². The highest BCUT2D eigenvalue weighted by molar-refractivity contribution is 5.94. The van der Waals surface area contributed by atoms with Gasteiger partial charge in [-0.05, 0) is 49.9 Å². The molecule has 4 aliphatic rings. The van der Waals surface area contributed by atoms with Crippen LogP contribution in [0.2, 0.25) is 0 Å². The average Bonchev–Trinajstić information content (AvgIpc) is 3.47. The molecule has 2 amide bonds. The summed E-state index contributed by atoms with van der Waals surface area (Å²) in [4.78, 5) is 34.3. The summed E-state index contributed by atoms with van der Waals surface area (Å²) in [5.41, 5.74) is 1.89. The summed E-state index contributed by atoms with van der Waals surface area (Å²) in [5.74, 6) is 0.321. The third-order valence-electron chi connectivity index (χ3n) is 7.65. The quantitative estimate of drug-likeness (QED) is 0.732. The normalized spacial score (nSPS) is 23.5. The van der Waals surface area contributed by atoms with Crippen molar-refractivity contribution >= 4 is 17.5 Å². The first kappa shape index (κ1) is 21.7. The molecule has 2 saturated carbocycles. The molecular weight excluding hydrogens is 402 g/mol. The van der Waals surface area contributed by atoms with Gasteiger partial charge in [0.05, 0.1) is 6.54 Å². The molecule has 2 aliphatic heterocycles. The summed E-state index contributed by atoms with van der Waals surface area (Å²) in [6, 6.07) is 9.09. The van der Waals surface area contributed by atoms with Crippen LogP contribution < -0.4 is 10.2 Å². The molecule has 0 unspecified atom stereocenters. The van der Waals surface area contributed by atoms with E-state index in [0.717, 1.165) is 82.5 Å². The van der Waals surface area contributed by atoms with Gasteiger partial charge in [0, 0.05) is 75.7 Å². The molecule has 7 heteroatoms. The molecule has 174 valence electrons. The van der Waals surface area contributed by atoms with Crippen molar-refractivity contribution in [2.45, 2.75) is 50.6 Å². The fourth-order valence-corrected chi connectivity index (χ4v) is 5.38. The standard InChI is InChI=1S/C25H37N5O2/c31-24(30-17-15-29(16-18-30)22-3-1-2-4-22)19-27-11-13-28(14-12-27)23-9-5-20(6-10-23)25(32)26-21-7-8-21/h5-6,9-10,21-22H,1-4,7-8,11-19H2,(H,26,32). The molecule has 1 aromatic rings. The fourth-order valence-electron chi connectivity index (χ4n) is 5.38. The molecule has 0 radical (unpaired) electrons. The van der Waals surface area contributed by atoms with Crippen molar-refractivity contribution < 1.29 is 9.59 Å². The molecule has 0 atom stereocenters. The van der Waals surface area contributed by atoms with Crippen molar-refractivity contribution in [2.24, 2.45) is 0 Å². The zero-order valence-corrected chi connectivity index (χ0v) is 19.2. The van der Waals surface area contributed by atoms with Gasteiger partial charge < -0.3 is 15.1 Å². The number of amides is 2. The highest BCUT2D eigenvalue weighted by Crippen LogP contribution is 2.24. The van der Waals surface area contributed by atoms with Crippen LogP contribution in [0.3, 0.4) is 0 Å². The van der Waals surface area contributed by atoms with E-state index in [1.165, 1.54) is 25.7 Å².